The van der Waals surface area contributed by atoms with Gasteiger partial charge in [0, 0.05) is 12.1 Å². The van der Waals surface area contributed by atoms with Crippen LogP contribution in [-0.4, -0.2) is 23.8 Å². The van der Waals surface area contributed by atoms with Gasteiger partial charge < -0.3 is 15.4 Å². The molecule has 1 aromatic rings. The van der Waals surface area contributed by atoms with E-state index in [4.69, 9.17) is 27.9 Å². The van der Waals surface area contributed by atoms with Crippen LogP contribution in [0.25, 0.3) is 0 Å². The van der Waals surface area contributed by atoms with Crippen LogP contribution in [0.15, 0.2) is 12.1 Å². The smallest absolute Gasteiger partial charge is 0.407 e. The summed E-state index contributed by atoms with van der Waals surface area (Å²) in [4.78, 5) is 11.8. The third kappa shape index (κ3) is 5.42. The molecule has 1 aliphatic rings. The summed E-state index contributed by atoms with van der Waals surface area (Å²) in [5.74, 6) is -0.529. The average molecular weight is 377 g/mol. The minimum atomic E-state index is -0.529. The number of anilines is 1. The molecule has 134 valence electrons. The molecule has 0 saturated heterocycles. The first-order valence-electron chi connectivity index (χ1n) is 8.05. The van der Waals surface area contributed by atoms with Gasteiger partial charge in [-0.1, -0.05) is 23.2 Å². The number of halogens is 3. The standard InChI is InChI=1S/C17H23Cl2FN2O2/c1-17(2,3)24-16(23)22-11-6-4-10(5-7-11)21-13-9-8-12(18)14(19)15(13)20/h8-11,21H,4-7H2,1-3H3,(H,22,23). The van der Waals surface area contributed by atoms with E-state index in [1.807, 2.05) is 20.8 Å². The molecular formula is C17H23Cl2FN2O2. The maximum absolute atomic E-state index is 14.1. The van der Waals surface area contributed by atoms with E-state index in [9.17, 15) is 9.18 Å². The molecule has 1 saturated carbocycles. The quantitative estimate of drug-likeness (QED) is 0.696. The lowest BCUT2D eigenvalue weighted by Crippen LogP contribution is -2.42. The van der Waals surface area contributed by atoms with Crippen LogP contribution in [0.4, 0.5) is 14.9 Å². The van der Waals surface area contributed by atoms with Gasteiger partial charge in [-0.05, 0) is 58.6 Å². The second kappa shape index (κ2) is 7.79. The van der Waals surface area contributed by atoms with Gasteiger partial charge in [0.1, 0.15) is 5.60 Å². The van der Waals surface area contributed by atoms with Crippen LogP contribution < -0.4 is 10.6 Å². The number of ether oxygens (including phenoxy) is 1. The Morgan fingerprint density at radius 3 is 2.33 bits per heavy atom. The molecular weight excluding hydrogens is 354 g/mol. The zero-order valence-corrected chi connectivity index (χ0v) is 15.6. The highest BCUT2D eigenvalue weighted by atomic mass is 35.5. The van der Waals surface area contributed by atoms with Crippen molar-refractivity contribution in [2.45, 2.75) is 64.1 Å². The number of carbonyl (C=O) groups is 1. The van der Waals surface area contributed by atoms with Crippen molar-refractivity contribution in [2.24, 2.45) is 0 Å². The number of hydrogen-bond acceptors (Lipinski definition) is 3. The maximum Gasteiger partial charge on any atom is 0.407 e. The van der Waals surface area contributed by atoms with Gasteiger partial charge in [-0.3, -0.25) is 0 Å². The van der Waals surface area contributed by atoms with E-state index in [0.29, 0.717) is 5.69 Å². The fourth-order valence-corrected chi connectivity index (χ4v) is 3.02. The van der Waals surface area contributed by atoms with Gasteiger partial charge in [-0.15, -0.1) is 0 Å². The molecule has 0 bridgehead atoms. The minimum Gasteiger partial charge on any atom is -0.444 e. The van der Waals surface area contributed by atoms with Crippen LogP contribution in [0.2, 0.25) is 10.0 Å². The van der Waals surface area contributed by atoms with Crippen molar-refractivity contribution >= 4 is 35.0 Å². The molecule has 1 amide bonds. The van der Waals surface area contributed by atoms with Gasteiger partial charge in [0.25, 0.3) is 0 Å². The molecule has 0 atom stereocenters. The SMILES string of the molecule is CC(C)(C)OC(=O)NC1CCC(Nc2ccc(Cl)c(Cl)c2F)CC1. The van der Waals surface area contributed by atoms with Crippen LogP contribution in [-0.2, 0) is 4.74 Å². The van der Waals surface area contributed by atoms with Gasteiger partial charge >= 0.3 is 6.09 Å². The molecule has 1 aromatic carbocycles. The minimum absolute atomic E-state index is 0.0676. The van der Waals surface area contributed by atoms with Crippen LogP contribution in [0.3, 0.4) is 0 Å². The molecule has 1 aliphatic carbocycles. The number of rotatable bonds is 3. The normalized spacial score (nSPS) is 21.2. The Labute approximate surface area is 152 Å². The first-order chi connectivity index (χ1) is 11.2. The molecule has 4 nitrogen and oxygen atoms in total. The van der Waals surface area contributed by atoms with Crippen molar-refractivity contribution in [1.82, 2.24) is 5.32 Å². The Morgan fingerprint density at radius 1 is 1.17 bits per heavy atom. The summed E-state index contributed by atoms with van der Waals surface area (Å²) in [6.45, 7) is 5.50. The van der Waals surface area contributed by atoms with E-state index in [1.54, 1.807) is 12.1 Å². The Hall–Kier alpha value is -1.20. The fourth-order valence-electron chi connectivity index (χ4n) is 2.71. The first kappa shape index (κ1) is 19.1. The fraction of sp³-hybridized carbons (Fsp3) is 0.588. The monoisotopic (exact) mass is 376 g/mol. The van der Waals surface area contributed by atoms with Gasteiger partial charge in [-0.25, -0.2) is 9.18 Å². The molecule has 7 heteroatoms. The second-order valence-corrected chi connectivity index (χ2v) is 7.85. The lowest BCUT2D eigenvalue weighted by atomic mass is 9.91. The summed E-state index contributed by atoms with van der Waals surface area (Å²) < 4.78 is 19.3. The Morgan fingerprint density at radius 2 is 1.75 bits per heavy atom. The first-order valence-corrected chi connectivity index (χ1v) is 8.81. The molecule has 24 heavy (non-hydrogen) atoms. The molecule has 2 N–H and O–H groups in total. The van der Waals surface area contributed by atoms with Gasteiger partial charge in [0.05, 0.1) is 15.7 Å². The predicted molar refractivity (Wildman–Crippen MR) is 95.5 cm³/mol. The zero-order valence-electron chi connectivity index (χ0n) is 14.1. The van der Waals surface area contributed by atoms with Crippen molar-refractivity contribution in [3.63, 3.8) is 0 Å². The number of benzene rings is 1. The van der Waals surface area contributed by atoms with Crippen molar-refractivity contribution < 1.29 is 13.9 Å². The average Bonchev–Trinajstić information content (AvgIpc) is 2.48. The molecule has 2 rings (SSSR count). The van der Waals surface area contributed by atoms with E-state index in [2.05, 4.69) is 10.6 Å². The Balaban J connectivity index is 1.83. The molecule has 0 unspecified atom stereocenters. The predicted octanol–water partition coefficient (Wildman–Crippen LogP) is 5.38. The van der Waals surface area contributed by atoms with E-state index >= 15 is 0 Å². The maximum atomic E-state index is 14.1. The highest BCUT2D eigenvalue weighted by Gasteiger charge is 2.25. The highest BCUT2D eigenvalue weighted by Crippen LogP contribution is 2.31. The van der Waals surface area contributed by atoms with Crippen molar-refractivity contribution in [1.29, 1.82) is 0 Å². The topological polar surface area (TPSA) is 50.4 Å². The lowest BCUT2D eigenvalue weighted by molar-refractivity contribution is 0.0492. The van der Waals surface area contributed by atoms with Gasteiger partial charge in [-0.2, -0.15) is 0 Å². The largest absolute Gasteiger partial charge is 0.444 e. The second-order valence-electron chi connectivity index (χ2n) is 7.06. The Bertz CT molecular complexity index is 597. The van der Waals surface area contributed by atoms with E-state index in [0.717, 1.165) is 25.7 Å². The number of amides is 1. The third-order valence-electron chi connectivity index (χ3n) is 3.84. The van der Waals surface area contributed by atoms with Crippen LogP contribution in [0.5, 0.6) is 0 Å². The Kier molecular flexibility index (Phi) is 6.21. The summed E-state index contributed by atoms with van der Waals surface area (Å²) >= 11 is 11.6. The zero-order chi connectivity index (χ0) is 17.9. The van der Waals surface area contributed by atoms with Crippen LogP contribution >= 0.6 is 23.2 Å². The molecule has 0 aliphatic heterocycles. The number of hydrogen-bond donors (Lipinski definition) is 2. The summed E-state index contributed by atoms with van der Waals surface area (Å²) in [5, 5.41) is 6.18. The van der Waals surface area contributed by atoms with Crippen LogP contribution in [0, 0.1) is 5.82 Å². The van der Waals surface area contributed by atoms with Gasteiger partial charge in [0.15, 0.2) is 5.82 Å². The lowest BCUT2D eigenvalue weighted by Gasteiger charge is -2.31. The molecule has 1 fully saturated rings. The van der Waals surface area contributed by atoms with Crippen LogP contribution in [0.1, 0.15) is 46.5 Å². The van der Waals surface area contributed by atoms with Crippen molar-refractivity contribution in [2.75, 3.05) is 5.32 Å². The molecule has 0 spiro atoms. The van der Waals surface area contributed by atoms with Crippen molar-refractivity contribution in [3.8, 4) is 0 Å². The molecule has 0 heterocycles. The third-order valence-corrected chi connectivity index (χ3v) is 4.62. The van der Waals surface area contributed by atoms with Crippen molar-refractivity contribution in [3.05, 3.63) is 28.0 Å². The summed E-state index contributed by atoms with van der Waals surface area (Å²) in [6, 6.07) is 3.38. The van der Waals surface area contributed by atoms with Gasteiger partial charge in [0.2, 0.25) is 0 Å². The van der Waals surface area contributed by atoms with E-state index < -0.39 is 17.5 Å². The highest BCUT2D eigenvalue weighted by molar-refractivity contribution is 6.42. The summed E-state index contributed by atoms with van der Waals surface area (Å²) in [5.41, 5.74) is -0.151. The number of nitrogens with one attached hydrogen (secondary N) is 2. The molecule has 0 aromatic heterocycles. The summed E-state index contributed by atoms with van der Waals surface area (Å²) in [7, 11) is 0. The summed E-state index contributed by atoms with van der Waals surface area (Å²) in [6.07, 6.45) is 2.86. The van der Waals surface area contributed by atoms with E-state index in [1.165, 1.54) is 0 Å². The van der Waals surface area contributed by atoms with E-state index in [-0.39, 0.29) is 22.1 Å². The number of alkyl carbamates (subject to hydrolysis) is 1. The molecule has 0 radical (unpaired) electrons. The number of carbonyl (C=O) groups excluding carboxylic acids is 1.